The Labute approximate surface area is 148 Å². The van der Waals surface area contributed by atoms with E-state index >= 15 is 0 Å². The Bertz CT molecular complexity index is 594. The topological polar surface area (TPSA) is 35.9 Å². The summed E-state index contributed by atoms with van der Waals surface area (Å²) in [6.07, 6.45) is 6.41. The zero-order chi connectivity index (χ0) is 16.0. The predicted molar refractivity (Wildman–Crippen MR) is 107 cm³/mol. The molecule has 0 fully saturated rings. The molecule has 0 aliphatic carbocycles. The van der Waals surface area contributed by atoms with Gasteiger partial charge in [-0.25, -0.2) is 0 Å². The van der Waals surface area contributed by atoms with Crippen LogP contribution in [0.25, 0.3) is 5.57 Å². The number of aryl methyl sites for hydroxylation is 1. The van der Waals surface area contributed by atoms with E-state index in [1.807, 2.05) is 26.8 Å². The van der Waals surface area contributed by atoms with Gasteiger partial charge in [0.2, 0.25) is 0 Å². The van der Waals surface area contributed by atoms with Crippen LogP contribution in [0.4, 0.5) is 5.69 Å². The van der Waals surface area contributed by atoms with Gasteiger partial charge < -0.3 is 10.1 Å². The Kier molecular flexibility index (Phi) is 7.84. The lowest BCUT2D eigenvalue weighted by molar-refractivity contribution is 1.20. The summed E-state index contributed by atoms with van der Waals surface area (Å²) in [4.78, 5) is 0. The minimum atomic E-state index is 0.731. The highest BCUT2D eigenvalue weighted by Crippen LogP contribution is 2.38. The summed E-state index contributed by atoms with van der Waals surface area (Å²) in [5.74, 6) is 0. The molecule has 0 atom stereocenters. The average molecular weight is 435 g/mol. The molecular formula is C16H20ClIN2S. The molecule has 0 spiro atoms. The molecule has 1 rings (SSSR count). The van der Waals surface area contributed by atoms with Crippen molar-refractivity contribution in [2.75, 3.05) is 4.72 Å². The van der Waals surface area contributed by atoms with E-state index < -0.39 is 0 Å². The zero-order valence-electron chi connectivity index (χ0n) is 12.7. The van der Waals surface area contributed by atoms with Gasteiger partial charge in [0.15, 0.2) is 0 Å². The monoisotopic (exact) mass is 434 g/mol. The van der Waals surface area contributed by atoms with Crippen molar-refractivity contribution in [2.24, 2.45) is 0 Å². The van der Waals surface area contributed by atoms with Gasteiger partial charge in [0.05, 0.1) is 10.7 Å². The van der Waals surface area contributed by atoms with E-state index in [2.05, 4.69) is 45.0 Å². The summed E-state index contributed by atoms with van der Waals surface area (Å²) in [6.45, 7) is 8.16. The maximum atomic E-state index is 7.79. The highest BCUT2D eigenvalue weighted by molar-refractivity contribution is 14.2. The summed E-state index contributed by atoms with van der Waals surface area (Å²) in [6, 6.07) is 1.99. The van der Waals surface area contributed by atoms with Gasteiger partial charge >= 0.3 is 0 Å². The summed E-state index contributed by atoms with van der Waals surface area (Å²) in [7, 11) is 1.49. The number of allylic oxidation sites excluding steroid dienone is 4. The second-order valence-corrected chi connectivity index (χ2v) is 6.85. The molecule has 114 valence electrons. The number of rotatable bonds is 6. The third-order valence-electron chi connectivity index (χ3n) is 3.41. The van der Waals surface area contributed by atoms with Gasteiger partial charge in [-0.1, -0.05) is 29.3 Å². The summed E-state index contributed by atoms with van der Waals surface area (Å²) < 4.78 is 3.23. The molecule has 0 heterocycles. The van der Waals surface area contributed by atoms with Crippen molar-refractivity contribution in [1.29, 1.82) is 5.41 Å². The molecule has 1 aromatic rings. The van der Waals surface area contributed by atoms with Crippen molar-refractivity contribution in [1.82, 2.24) is 0 Å². The van der Waals surface area contributed by atoms with Crippen molar-refractivity contribution in [2.45, 2.75) is 34.1 Å². The number of hydrogen-bond acceptors (Lipinski definition) is 3. The van der Waals surface area contributed by atoms with Crippen LogP contribution in [0.15, 0.2) is 23.8 Å². The van der Waals surface area contributed by atoms with Crippen LogP contribution in [0.3, 0.4) is 0 Å². The van der Waals surface area contributed by atoms with Crippen LogP contribution in [-0.2, 0) is 0 Å². The molecule has 2 N–H and O–H groups in total. The van der Waals surface area contributed by atoms with Gasteiger partial charge in [-0.05, 0) is 51.3 Å². The standard InChI is InChI=1S/C16H20ClIN2S/c1-5-10(3)7-12(6-2)15-13(9-19)14(20-21-18)8-11(4)16(15)17/h5-6,8-9,19-20H,7H2,1-4H3/b10-5+,12-6-,19-9?. The van der Waals surface area contributed by atoms with E-state index in [0.29, 0.717) is 0 Å². The van der Waals surface area contributed by atoms with Gasteiger partial charge in [-0.2, -0.15) is 0 Å². The van der Waals surface area contributed by atoms with E-state index in [4.69, 9.17) is 17.0 Å². The fourth-order valence-electron chi connectivity index (χ4n) is 2.13. The van der Waals surface area contributed by atoms with Gasteiger partial charge in [0.25, 0.3) is 0 Å². The van der Waals surface area contributed by atoms with Gasteiger partial charge in [0.1, 0.15) is 0 Å². The van der Waals surface area contributed by atoms with Gasteiger partial charge in [-0.15, -0.1) is 0 Å². The lowest BCUT2D eigenvalue weighted by Crippen LogP contribution is -2.01. The number of halogens is 2. The largest absolute Gasteiger partial charge is 0.320 e. The van der Waals surface area contributed by atoms with Gasteiger partial charge in [-0.3, -0.25) is 0 Å². The smallest absolute Gasteiger partial charge is 0.0544 e. The molecule has 0 unspecified atom stereocenters. The molecule has 1 aromatic carbocycles. The fourth-order valence-corrected chi connectivity index (χ4v) is 3.38. The molecule has 0 bridgehead atoms. The maximum absolute atomic E-state index is 7.79. The van der Waals surface area contributed by atoms with Crippen molar-refractivity contribution in [3.63, 3.8) is 0 Å². The molecule has 2 nitrogen and oxygen atoms in total. The van der Waals surface area contributed by atoms with E-state index in [1.54, 1.807) is 0 Å². The molecule has 0 saturated carbocycles. The van der Waals surface area contributed by atoms with Crippen LogP contribution < -0.4 is 4.72 Å². The highest BCUT2D eigenvalue weighted by Gasteiger charge is 2.17. The van der Waals surface area contributed by atoms with Gasteiger partial charge in [0, 0.05) is 47.7 Å². The lowest BCUT2D eigenvalue weighted by atomic mass is 9.92. The number of nitrogens with one attached hydrogen (secondary N) is 2. The van der Waals surface area contributed by atoms with Crippen molar-refractivity contribution in [3.8, 4) is 0 Å². The first kappa shape index (κ1) is 18.6. The van der Waals surface area contributed by atoms with Crippen LogP contribution in [0.5, 0.6) is 0 Å². The summed E-state index contributed by atoms with van der Waals surface area (Å²) >= 11 is 8.73. The second-order valence-electron chi connectivity index (χ2n) is 4.79. The number of hydrogen-bond donors (Lipinski definition) is 2. The first-order chi connectivity index (χ1) is 9.99. The molecule has 5 heteroatoms. The zero-order valence-corrected chi connectivity index (χ0v) is 16.4. The Hall–Kier alpha value is -0.460. The summed E-state index contributed by atoms with van der Waals surface area (Å²) in [5, 5.41) is 8.52. The molecule has 0 aliphatic rings. The minimum absolute atomic E-state index is 0.731. The normalized spacial score (nSPS) is 12.5. The number of anilines is 1. The third-order valence-corrected chi connectivity index (χ3v) is 4.86. The Morgan fingerprint density at radius 2 is 2.10 bits per heavy atom. The van der Waals surface area contributed by atoms with Crippen molar-refractivity contribution >= 4 is 59.4 Å². The van der Waals surface area contributed by atoms with E-state index in [9.17, 15) is 0 Å². The molecule has 0 aromatic heterocycles. The van der Waals surface area contributed by atoms with Crippen LogP contribution in [-0.4, -0.2) is 6.21 Å². The van der Waals surface area contributed by atoms with E-state index in [0.717, 1.165) is 39.4 Å². The first-order valence-corrected chi connectivity index (χ1v) is 10.4. The molecular weight excluding hydrogens is 415 g/mol. The van der Waals surface area contributed by atoms with Crippen molar-refractivity contribution in [3.05, 3.63) is 45.5 Å². The molecule has 0 radical (unpaired) electrons. The first-order valence-electron chi connectivity index (χ1n) is 6.64. The average Bonchev–Trinajstić information content (AvgIpc) is 2.48. The summed E-state index contributed by atoms with van der Waals surface area (Å²) in [5.41, 5.74) is 6.19. The van der Waals surface area contributed by atoms with E-state index in [-0.39, 0.29) is 0 Å². The van der Waals surface area contributed by atoms with Crippen molar-refractivity contribution < 1.29 is 0 Å². The van der Waals surface area contributed by atoms with Crippen LogP contribution >= 0.6 is 41.9 Å². The maximum Gasteiger partial charge on any atom is 0.0544 e. The Balaban J connectivity index is 3.54. The molecule has 21 heavy (non-hydrogen) atoms. The fraction of sp³-hybridized carbons (Fsp3) is 0.312. The van der Waals surface area contributed by atoms with Crippen LogP contribution in [0.2, 0.25) is 5.02 Å². The lowest BCUT2D eigenvalue weighted by Gasteiger charge is -2.18. The molecule has 0 amide bonds. The number of benzene rings is 1. The van der Waals surface area contributed by atoms with Crippen LogP contribution in [0, 0.1) is 12.3 Å². The highest BCUT2D eigenvalue weighted by atomic mass is 127. The molecule has 0 aliphatic heterocycles. The Morgan fingerprint density at radius 3 is 2.57 bits per heavy atom. The Morgan fingerprint density at radius 1 is 1.43 bits per heavy atom. The molecule has 0 saturated heterocycles. The quantitative estimate of drug-likeness (QED) is 0.223. The second kappa shape index (κ2) is 8.86. The SMILES string of the molecule is C/C=C(/C/C(C)=C/C)c1c(Cl)c(C)cc(NSI)c1C=N. The minimum Gasteiger partial charge on any atom is -0.320 e. The predicted octanol–water partition coefficient (Wildman–Crippen LogP) is 6.82. The van der Waals surface area contributed by atoms with Crippen LogP contribution in [0.1, 0.15) is 43.9 Å². The van der Waals surface area contributed by atoms with E-state index in [1.165, 1.54) is 20.9 Å². The third kappa shape index (κ3) is 4.50.